The van der Waals surface area contributed by atoms with Crippen molar-refractivity contribution < 1.29 is 10.0 Å². The summed E-state index contributed by atoms with van der Waals surface area (Å²) in [6.07, 6.45) is 3.44. The average Bonchev–Trinajstić information content (AvgIpc) is 2.44. The molecule has 104 valence electrons. The average molecular weight is 274 g/mol. The Balaban J connectivity index is 2.53. The van der Waals surface area contributed by atoms with Crippen LogP contribution >= 0.6 is 0 Å². The van der Waals surface area contributed by atoms with E-state index in [1.807, 2.05) is 0 Å². The number of aromatic nitrogens is 2. The molecule has 1 aromatic heterocycles. The first kappa shape index (κ1) is 12.7. The maximum atomic E-state index is 11.8. The number of benzene rings is 1. The highest BCUT2D eigenvalue weighted by Crippen LogP contribution is 2.30. The van der Waals surface area contributed by atoms with Crippen molar-refractivity contribution in [1.82, 2.24) is 9.71 Å². The van der Waals surface area contributed by atoms with Gasteiger partial charge in [0.15, 0.2) is 5.78 Å². The third-order valence-electron chi connectivity index (χ3n) is 3.86. The molecule has 0 radical (unpaired) electrons. The highest BCUT2D eigenvalue weighted by atomic mass is 16.5. The van der Waals surface area contributed by atoms with Gasteiger partial charge in [0.1, 0.15) is 5.52 Å². The molecule has 0 amide bonds. The minimum atomic E-state index is -1.04. The van der Waals surface area contributed by atoms with Gasteiger partial charge in [-0.05, 0) is 49.8 Å². The zero-order valence-corrected chi connectivity index (χ0v) is 11.0. The number of H-pyrrole nitrogens is 1. The Bertz CT molecular complexity index is 845. The molecule has 0 saturated carbocycles. The molecule has 20 heavy (non-hydrogen) atoms. The molecular formula is C14H14N2O4. The molecule has 1 aliphatic rings. The molecule has 2 N–H and O–H groups in total. The number of hydrogen-bond acceptors (Lipinski definition) is 4. The minimum absolute atomic E-state index is 0.108. The van der Waals surface area contributed by atoms with Crippen LogP contribution in [0.2, 0.25) is 0 Å². The summed E-state index contributed by atoms with van der Waals surface area (Å²) in [7, 11) is 0. The van der Waals surface area contributed by atoms with Gasteiger partial charge in [-0.15, -0.1) is 4.73 Å². The fraction of sp³-hybridized carbons (Fsp3) is 0.357. The summed E-state index contributed by atoms with van der Waals surface area (Å²) in [6, 6.07) is 1.49. The van der Waals surface area contributed by atoms with Crippen LogP contribution in [-0.4, -0.2) is 20.7 Å². The van der Waals surface area contributed by atoms with E-state index in [1.54, 1.807) is 0 Å². The van der Waals surface area contributed by atoms with Gasteiger partial charge in [-0.2, -0.15) is 0 Å². The molecule has 2 aromatic rings. The van der Waals surface area contributed by atoms with Gasteiger partial charge in [0, 0.05) is 5.56 Å². The van der Waals surface area contributed by atoms with Gasteiger partial charge in [-0.25, -0.2) is 0 Å². The van der Waals surface area contributed by atoms with Crippen LogP contribution in [0.5, 0.6) is 0 Å². The van der Waals surface area contributed by atoms with Gasteiger partial charge in [0.25, 0.3) is 0 Å². The number of carbonyl (C=O) groups excluding carboxylic acids is 1. The molecule has 0 unspecified atom stereocenters. The SMILES string of the molecule is CC(=O)c1cc2c([nH]c(=O)c(=O)n2O)c2c1CCCC2. The monoisotopic (exact) mass is 274 g/mol. The summed E-state index contributed by atoms with van der Waals surface area (Å²) in [5.74, 6) is -0.108. The lowest BCUT2D eigenvalue weighted by Crippen LogP contribution is -2.36. The van der Waals surface area contributed by atoms with Gasteiger partial charge < -0.3 is 10.2 Å². The molecule has 1 heterocycles. The molecule has 0 bridgehead atoms. The Hall–Kier alpha value is -2.37. The van der Waals surface area contributed by atoms with Crippen LogP contribution in [-0.2, 0) is 12.8 Å². The fourth-order valence-corrected chi connectivity index (χ4v) is 2.92. The lowest BCUT2D eigenvalue weighted by Gasteiger charge is -2.20. The molecule has 0 spiro atoms. The maximum Gasteiger partial charge on any atom is 0.348 e. The Labute approximate surface area is 113 Å². The number of ketones is 1. The van der Waals surface area contributed by atoms with E-state index in [9.17, 15) is 19.6 Å². The molecule has 1 aromatic carbocycles. The van der Waals surface area contributed by atoms with E-state index in [0.29, 0.717) is 15.8 Å². The molecule has 0 aliphatic heterocycles. The predicted molar refractivity (Wildman–Crippen MR) is 72.7 cm³/mol. The molecule has 0 atom stereocenters. The molecule has 1 aliphatic carbocycles. The van der Waals surface area contributed by atoms with Crippen molar-refractivity contribution in [3.8, 4) is 0 Å². The second-order valence-corrected chi connectivity index (χ2v) is 5.11. The quantitative estimate of drug-likeness (QED) is 0.461. The summed E-state index contributed by atoms with van der Waals surface area (Å²) in [6.45, 7) is 1.46. The zero-order valence-electron chi connectivity index (χ0n) is 11.0. The number of fused-ring (bicyclic) bond motifs is 3. The lowest BCUT2D eigenvalue weighted by atomic mass is 9.86. The van der Waals surface area contributed by atoms with Crippen LogP contribution in [0.4, 0.5) is 0 Å². The largest absolute Gasteiger partial charge is 0.425 e. The van der Waals surface area contributed by atoms with E-state index in [-0.39, 0.29) is 11.3 Å². The number of aryl methyl sites for hydroxylation is 1. The van der Waals surface area contributed by atoms with E-state index >= 15 is 0 Å². The molecule has 0 fully saturated rings. The first-order valence-electron chi connectivity index (χ1n) is 6.54. The van der Waals surface area contributed by atoms with Crippen LogP contribution in [0.25, 0.3) is 11.0 Å². The number of carbonyl (C=O) groups is 1. The number of aromatic amines is 1. The van der Waals surface area contributed by atoms with Crippen molar-refractivity contribution in [2.45, 2.75) is 32.6 Å². The Morgan fingerprint density at radius 2 is 1.90 bits per heavy atom. The molecular weight excluding hydrogens is 260 g/mol. The minimum Gasteiger partial charge on any atom is -0.425 e. The van der Waals surface area contributed by atoms with Gasteiger partial charge in [-0.1, -0.05) is 0 Å². The lowest BCUT2D eigenvalue weighted by molar-refractivity contribution is 0.101. The number of rotatable bonds is 1. The number of hydrogen-bond donors (Lipinski definition) is 2. The number of nitrogens with zero attached hydrogens (tertiary/aromatic N) is 1. The van der Waals surface area contributed by atoms with E-state index in [4.69, 9.17) is 0 Å². The van der Waals surface area contributed by atoms with Gasteiger partial charge >= 0.3 is 11.1 Å². The van der Waals surface area contributed by atoms with Crippen LogP contribution in [0.3, 0.4) is 0 Å². The molecule has 3 rings (SSSR count). The van der Waals surface area contributed by atoms with Crippen molar-refractivity contribution in [3.63, 3.8) is 0 Å². The normalized spacial score (nSPS) is 14.2. The van der Waals surface area contributed by atoms with Crippen molar-refractivity contribution in [3.05, 3.63) is 43.5 Å². The van der Waals surface area contributed by atoms with Crippen molar-refractivity contribution in [2.75, 3.05) is 0 Å². The maximum absolute atomic E-state index is 11.8. The Morgan fingerprint density at radius 1 is 1.25 bits per heavy atom. The Morgan fingerprint density at radius 3 is 2.55 bits per heavy atom. The number of Topliss-reactive ketones (excluding diaryl/α,β-unsaturated/α-hetero) is 1. The predicted octanol–water partition coefficient (Wildman–Crippen LogP) is 1.01. The number of nitrogens with one attached hydrogen (secondary N) is 1. The van der Waals surface area contributed by atoms with Crippen LogP contribution in [0.1, 0.15) is 41.3 Å². The van der Waals surface area contributed by atoms with E-state index in [2.05, 4.69) is 4.98 Å². The van der Waals surface area contributed by atoms with Crippen LogP contribution in [0.15, 0.2) is 15.7 Å². The van der Waals surface area contributed by atoms with Gasteiger partial charge in [-0.3, -0.25) is 14.4 Å². The van der Waals surface area contributed by atoms with Crippen molar-refractivity contribution in [2.24, 2.45) is 0 Å². The van der Waals surface area contributed by atoms with Gasteiger partial charge in [0.2, 0.25) is 0 Å². The molecule has 6 nitrogen and oxygen atoms in total. The summed E-state index contributed by atoms with van der Waals surface area (Å²) in [4.78, 5) is 37.4. The van der Waals surface area contributed by atoms with Crippen LogP contribution < -0.4 is 11.1 Å². The highest BCUT2D eigenvalue weighted by molar-refractivity contribution is 6.00. The topological polar surface area (TPSA) is 92.2 Å². The third-order valence-corrected chi connectivity index (χ3v) is 3.86. The van der Waals surface area contributed by atoms with Crippen LogP contribution in [0, 0.1) is 0 Å². The van der Waals surface area contributed by atoms with Crippen molar-refractivity contribution >= 4 is 16.8 Å². The van der Waals surface area contributed by atoms with E-state index < -0.39 is 11.1 Å². The molecule has 0 saturated heterocycles. The first-order chi connectivity index (χ1) is 9.50. The highest BCUT2D eigenvalue weighted by Gasteiger charge is 2.21. The van der Waals surface area contributed by atoms with E-state index in [1.165, 1.54) is 13.0 Å². The second-order valence-electron chi connectivity index (χ2n) is 5.11. The summed E-state index contributed by atoms with van der Waals surface area (Å²) >= 11 is 0. The first-order valence-corrected chi connectivity index (χ1v) is 6.54. The standard InChI is InChI=1S/C14H14N2O4/c1-7(17)10-6-11-12(9-5-3-2-4-8(9)10)15-13(18)14(19)16(11)20/h6,20H,2-5H2,1H3,(H,15,18). The van der Waals surface area contributed by atoms with Crippen molar-refractivity contribution in [1.29, 1.82) is 0 Å². The Kier molecular flexibility index (Phi) is 2.74. The second kappa shape index (κ2) is 4.33. The summed E-state index contributed by atoms with van der Waals surface area (Å²) in [5.41, 5.74) is 1.04. The molecule has 6 heteroatoms. The van der Waals surface area contributed by atoms with E-state index in [0.717, 1.165) is 36.8 Å². The fourth-order valence-electron chi connectivity index (χ4n) is 2.92. The zero-order chi connectivity index (χ0) is 14.4. The summed E-state index contributed by atoms with van der Waals surface area (Å²) < 4.78 is 0.329. The third kappa shape index (κ3) is 1.68. The van der Waals surface area contributed by atoms with Gasteiger partial charge in [0.05, 0.1) is 5.52 Å². The summed E-state index contributed by atoms with van der Waals surface area (Å²) in [5, 5.41) is 9.82. The smallest absolute Gasteiger partial charge is 0.348 e.